The van der Waals surface area contributed by atoms with Gasteiger partial charge in [-0.3, -0.25) is 0 Å². The lowest BCUT2D eigenvalue weighted by Crippen LogP contribution is -2.26. The van der Waals surface area contributed by atoms with Crippen molar-refractivity contribution in [3.63, 3.8) is 0 Å². The number of ether oxygens (including phenoxy) is 3. The van der Waals surface area contributed by atoms with Crippen molar-refractivity contribution in [1.82, 2.24) is 9.97 Å². The number of carbonyl (C=O) groups excluding carboxylic acids is 1. The second kappa shape index (κ2) is 19.4. The summed E-state index contributed by atoms with van der Waals surface area (Å²) >= 11 is 5.25. The number of thiophene rings is 2. The van der Waals surface area contributed by atoms with E-state index >= 15 is 0 Å². The van der Waals surface area contributed by atoms with Crippen LogP contribution in [0.1, 0.15) is 32.4 Å². The van der Waals surface area contributed by atoms with E-state index in [1.165, 1.54) is 29.4 Å². The highest BCUT2D eigenvalue weighted by atomic mass is 127. The molecule has 10 nitrogen and oxygen atoms in total. The molecule has 0 spiro atoms. The number of rotatable bonds is 10. The Hall–Kier alpha value is -4.61. The molecule has 0 radical (unpaired) electrons. The van der Waals surface area contributed by atoms with E-state index in [4.69, 9.17) is 24.6 Å². The fraction of sp³-hybridized carbons (Fsp3) is 0.0857. The first kappa shape index (κ1) is 37.2. The summed E-state index contributed by atoms with van der Waals surface area (Å²) in [5, 5.41) is 29.7. The smallest absolute Gasteiger partial charge is 0.487 e. The van der Waals surface area contributed by atoms with E-state index in [-0.39, 0.29) is 18.0 Å². The van der Waals surface area contributed by atoms with E-state index in [1.54, 1.807) is 59.2 Å². The zero-order valence-electron chi connectivity index (χ0n) is 26.0. The van der Waals surface area contributed by atoms with E-state index in [0.717, 1.165) is 20.6 Å². The topological polar surface area (TPSA) is 148 Å². The predicted molar refractivity (Wildman–Crippen MR) is 198 cm³/mol. The fourth-order valence-electron chi connectivity index (χ4n) is 3.90. The van der Waals surface area contributed by atoms with Crippen LogP contribution >= 0.6 is 45.3 Å². The molecular formula is C35H30BIN2O8S2. The molecule has 2 aromatic carbocycles. The molecule has 0 aliphatic heterocycles. The summed E-state index contributed by atoms with van der Waals surface area (Å²) in [5.41, 5.74) is 2.72. The number of pyridine rings is 2. The molecule has 6 rings (SSSR count). The van der Waals surface area contributed by atoms with Crippen LogP contribution in [0.3, 0.4) is 0 Å². The normalized spacial score (nSPS) is 10.0. The number of esters is 1. The number of halogens is 1. The van der Waals surface area contributed by atoms with E-state index in [2.05, 4.69) is 43.4 Å². The number of hydrogen-bond donors (Lipinski definition) is 3. The Balaban J connectivity index is 0.000000182. The lowest BCUT2D eigenvalue weighted by atomic mass is 9.90. The Morgan fingerprint density at radius 3 is 1.76 bits per heavy atom. The van der Waals surface area contributed by atoms with Gasteiger partial charge in [0.1, 0.15) is 36.1 Å². The number of aromatic nitrogens is 2. The quantitative estimate of drug-likeness (QED) is 0.0789. The highest BCUT2D eigenvalue weighted by molar-refractivity contribution is 14.1. The monoisotopic (exact) mass is 808 g/mol. The first-order valence-corrected chi connectivity index (χ1v) is 17.3. The van der Waals surface area contributed by atoms with Crippen molar-refractivity contribution in [2.75, 3.05) is 7.11 Å². The predicted octanol–water partition coefficient (Wildman–Crippen LogP) is 6.57. The highest BCUT2D eigenvalue weighted by Gasteiger charge is 2.10. The third kappa shape index (κ3) is 12.4. The second-order valence-electron chi connectivity index (χ2n) is 9.75. The Morgan fingerprint density at radius 2 is 1.27 bits per heavy atom. The molecular weight excluding hydrogens is 778 g/mol. The number of aromatic carboxylic acids is 1. The van der Waals surface area contributed by atoms with Crippen LogP contribution in [0.4, 0.5) is 0 Å². The van der Waals surface area contributed by atoms with Gasteiger partial charge in [0.05, 0.1) is 18.5 Å². The van der Waals surface area contributed by atoms with Crippen molar-refractivity contribution in [2.24, 2.45) is 0 Å². The Kier molecular flexibility index (Phi) is 14.7. The third-order valence-corrected chi connectivity index (χ3v) is 8.82. The van der Waals surface area contributed by atoms with Gasteiger partial charge in [-0.15, -0.1) is 11.3 Å². The minimum Gasteiger partial charge on any atom is -0.487 e. The molecule has 0 aliphatic carbocycles. The lowest BCUT2D eigenvalue weighted by molar-refractivity contribution is 0.0592. The third-order valence-electron chi connectivity index (χ3n) is 6.27. The Morgan fingerprint density at radius 1 is 0.714 bits per heavy atom. The summed E-state index contributed by atoms with van der Waals surface area (Å²) in [4.78, 5) is 31.6. The van der Waals surface area contributed by atoms with Crippen molar-refractivity contribution in [1.29, 1.82) is 0 Å². The molecule has 0 unspecified atom stereocenters. The average Bonchev–Trinajstić information content (AvgIpc) is 3.88. The molecule has 0 saturated carbocycles. The summed E-state index contributed by atoms with van der Waals surface area (Å²) < 4.78 is 17.6. The number of carbonyl (C=O) groups is 2. The van der Waals surface area contributed by atoms with Gasteiger partial charge in [0.2, 0.25) is 0 Å². The van der Waals surface area contributed by atoms with Gasteiger partial charge in [-0.1, -0.05) is 30.3 Å². The number of carboxylic acid groups (broad SMARTS) is 1. The van der Waals surface area contributed by atoms with Crippen LogP contribution in [-0.4, -0.2) is 51.3 Å². The van der Waals surface area contributed by atoms with Crippen LogP contribution in [0, 0.1) is 3.57 Å². The maximum Gasteiger partial charge on any atom is 0.499 e. The van der Waals surface area contributed by atoms with Gasteiger partial charge in [-0.2, -0.15) is 11.3 Å². The molecule has 4 aromatic heterocycles. The molecule has 0 bridgehead atoms. The molecule has 6 aromatic rings. The maximum absolute atomic E-state index is 11.4. The zero-order valence-corrected chi connectivity index (χ0v) is 29.8. The van der Waals surface area contributed by atoms with E-state index in [9.17, 15) is 9.59 Å². The fourth-order valence-corrected chi connectivity index (χ4v) is 5.58. The molecule has 3 N–H and O–H groups in total. The number of hydrogen-bond acceptors (Lipinski definition) is 11. The van der Waals surface area contributed by atoms with Crippen LogP contribution in [0.15, 0.2) is 120 Å². The molecule has 4 heterocycles. The first-order valence-electron chi connectivity index (χ1n) is 14.5. The van der Waals surface area contributed by atoms with Crippen LogP contribution in [-0.2, 0) is 18.0 Å². The van der Waals surface area contributed by atoms with Gasteiger partial charge in [0.15, 0.2) is 0 Å². The average molecular weight is 808 g/mol. The molecule has 0 amide bonds. The standard InChI is InChI=1S/C17H13NO3S.C14H12INO3.C4H5BO2S/c19-17(20)15-4-1-3-13(18-15)11-21-14-8-6-12(7-9-14)16-5-2-10-22-16;1-18-14(17)13-4-2-3-11(16-13)9-19-12-7-5-10(15)6-8-12;6-5(7)4-2-1-3-8-4/h1-10H,11H2,(H,19,20);2-8H,9H2,1H3;1-3,6-7H. The van der Waals surface area contributed by atoms with Gasteiger partial charge in [-0.05, 0) is 118 Å². The SMILES string of the molecule is COC(=O)c1cccc(COc2ccc(I)cc2)n1.O=C(O)c1cccc(COc2ccc(-c3cccs3)cc2)n1.OB(O)c1cccs1. The van der Waals surface area contributed by atoms with Crippen molar-refractivity contribution < 1.29 is 39.0 Å². The number of benzene rings is 2. The van der Waals surface area contributed by atoms with Crippen LogP contribution in [0.5, 0.6) is 11.5 Å². The molecule has 0 atom stereocenters. The minimum absolute atomic E-state index is 0.0224. The van der Waals surface area contributed by atoms with Crippen LogP contribution < -0.4 is 14.3 Å². The summed E-state index contributed by atoms with van der Waals surface area (Å²) in [6.45, 7) is 0.547. The molecule has 0 fully saturated rings. The lowest BCUT2D eigenvalue weighted by Gasteiger charge is -2.07. The first-order chi connectivity index (χ1) is 23.7. The summed E-state index contributed by atoms with van der Waals surface area (Å²) in [6, 6.07) is 33.1. The minimum atomic E-state index is -1.30. The van der Waals surface area contributed by atoms with Gasteiger partial charge in [0.25, 0.3) is 0 Å². The van der Waals surface area contributed by atoms with Crippen LogP contribution in [0.2, 0.25) is 0 Å². The van der Waals surface area contributed by atoms with Crippen molar-refractivity contribution in [3.05, 3.63) is 146 Å². The van der Waals surface area contributed by atoms with Gasteiger partial charge >= 0.3 is 19.1 Å². The van der Waals surface area contributed by atoms with Crippen molar-refractivity contribution in [3.8, 4) is 21.9 Å². The van der Waals surface area contributed by atoms with Crippen molar-refractivity contribution >= 4 is 69.1 Å². The van der Waals surface area contributed by atoms with E-state index in [1.807, 2.05) is 60.0 Å². The molecule has 250 valence electrons. The van der Waals surface area contributed by atoms with Crippen LogP contribution in [0.25, 0.3) is 10.4 Å². The summed E-state index contributed by atoms with van der Waals surface area (Å²) in [6.07, 6.45) is 0. The summed E-state index contributed by atoms with van der Waals surface area (Å²) in [5.74, 6) is 0.00628. The summed E-state index contributed by atoms with van der Waals surface area (Å²) in [7, 11) is 0.0358. The maximum atomic E-state index is 11.4. The second-order valence-corrected chi connectivity index (χ2v) is 12.9. The van der Waals surface area contributed by atoms with Gasteiger partial charge in [0, 0.05) is 13.2 Å². The molecule has 49 heavy (non-hydrogen) atoms. The zero-order chi connectivity index (χ0) is 35.0. The molecule has 0 saturated heterocycles. The highest BCUT2D eigenvalue weighted by Crippen LogP contribution is 2.26. The van der Waals surface area contributed by atoms with Crippen molar-refractivity contribution in [2.45, 2.75) is 13.2 Å². The molecule has 14 heteroatoms. The van der Waals surface area contributed by atoms with E-state index in [0.29, 0.717) is 22.8 Å². The number of methoxy groups -OCH3 is 1. The Labute approximate surface area is 304 Å². The number of carboxylic acids is 1. The molecule has 0 aliphatic rings. The number of nitrogens with zero attached hydrogens (tertiary/aromatic N) is 2. The van der Waals surface area contributed by atoms with Gasteiger partial charge < -0.3 is 29.4 Å². The Bertz CT molecular complexity index is 1890. The van der Waals surface area contributed by atoms with Gasteiger partial charge in [-0.25, -0.2) is 19.6 Å². The largest absolute Gasteiger partial charge is 0.499 e. The van der Waals surface area contributed by atoms with E-state index < -0.39 is 19.1 Å².